The molecule has 39 heavy (non-hydrogen) atoms. The number of nitrogens with zero attached hydrogens (tertiary/aromatic N) is 6. The van der Waals surface area contributed by atoms with Crippen molar-refractivity contribution in [1.82, 2.24) is 20.1 Å². The lowest BCUT2D eigenvalue weighted by Crippen LogP contribution is -2.54. The summed E-state index contributed by atoms with van der Waals surface area (Å²) < 4.78 is 5.92. The Kier molecular flexibility index (Phi) is 6.02. The van der Waals surface area contributed by atoms with Gasteiger partial charge in [-0.15, -0.1) is 10.2 Å². The summed E-state index contributed by atoms with van der Waals surface area (Å²) in [4.78, 5) is 11.8. The molecule has 1 spiro atoms. The van der Waals surface area contributed by atoms with Crippen LogP contribution in [0.25, 0.3) is 11.3 Å². The van der Waals surface area contributed by atoms with E-state index in [0.717, 1.165) is 63.6 Å². The van der Waals surface area contributed by atoms with Crippen molar-refractivity contribution >= 4 is 17.2 Å². The van der Waals surface area contributed by atoms with Crippen molar-refractivity contribution in [2.45, 2.75) is 43.4 Å². The van der Waals surface area contributed by atoms with Crippen LogP contribution in [0.2, 0.25) is 0 Å². The molecule has 7 rings (SSSR count). The first-order valence-corrected chi connectivity index (χ1v) is 13.8. The summed E-state index contributed by atoms with van der Waals surface area (Å²) in [6.45, 7) is 5.19. The van der Waals surface area contributed by atoms with Crippen LogP contribution in [0.5, 0.6) is 5.75 Å². The lowest BCUT2D eigenvalue weighted by molar-refractivity contribution is -0.0416. The van der Waals surface area contributed by atoms with Crippen LogP contribution in [-0.4, -0.2) is 82.2 Å². The van der Waals surface area contributed by atoms with E-state index in [4.69, 9.17) is 10.5 Å². The number of anilines is 3. The Morgan fingerprint density at radius 2 is 1.90 bits per heavy atom. The van der Waals surface area contributed by atoms with E-state index in [1.54, 1.807) is 12.1 Å². The summed E-state index contributed by atoms with van der Waals surface area (Å²) in [5.74, 6) is 7.25. The lowest BCUT2D eigenvalue weighted by atomic mass is 10.1. The van der Waals surface area contributed by atoms with Crippen molar-refractivity contribution in [2.75, 3.05) is 54.9 Å². The molecule has 200 valence electrons. The Bertz CT molecular complexity index is 1430. The van der Waals surface area contributed by atoms with Crippen LogP contribution in [0.1, 0.15) is 31.4 Å². The average molecular weight is 524 g/mol. The van der Waals surface area contributed by atoms with Crippen LogP contribution in [0.4, 0.5) is 17.2 Å². The summed E-state index contributed by atoms with van der Waals surface area (Å²) in [6, 6.07) is 14.1. The van der Waals surface area contributed by atoms with Crippen LogP contribution in [0, 0.1) is 11.8 Å². The molecule has 2 aromatic heterocycles. The van der Waals surface area contributed by atoms with Gasteiger partial charge in [0.2, 0.25) is 0 Å². The molecule has 2 bridgehead atoms. The number of hydrogen-bond donors (Lipinski definition) is 2. The number of benzene rings is 1. The molecular formula is C30H33N7O2. The highest BCUT2D eigenvalue weighted by Crippen LogP contribution is 2.42. The molecule has 3 N–H and O–H groups in total. The summed E-state index contributed by atoms with van der Waals surface area (Å²) >= 11 is 0. The Hall–Kier alpha value is -3.87. The molecule has 0 radical (unpaired) electrons. The lowest BCUT2D eigenvalue weighted by Gasteiger charge is -2.43. The number of phenols is 1. The summed E-state index contributed by atoms with van der Waals surface area (Å²) in [7, 11) is 0. The molecule has 1 aliphatic carbocycles. The van der Waals surface area contributed by atoms with Gasteiger partial charge in [0.15, 0.2) is 5.82 Å². The van der Waals surface area contributed by atoms with Crippen LogP contribution >= 0.6 is 0 Å². The van der Waals surface area contributed by atoms with E-state index in [9.17, 15) is 5.11 Å². The van der Waals surface area contributed by atoms with Crippen LogP contribution in [0.15, 0.2) is 48.7 Å². The smallest absolute Gasteiger partial charge is 0.169 e. The van der Waals surface area contributed by atoms with Gasteiger partial charge in [0.25, 0.3) is 0 Å². The number of aromatic nitrogens is 3. The minimum absolute atomic E-state index is 0.126. The van der Waals surface area contributed by atoms with Gasteiger partial charge < -0.3 is 25.4 Å². The van der Waals surface area contributed by atoms with Gasteiger partial charge in [0.1, 0.15) is 11.4 Å². The van der Waals surface area contributed by atoms with Crippen molar-refractivity contribution < 1.29 is 9.84 Å². The highest BCUT2D eigenvalue weighted by Gasteiger charge is 2.47. The molecule has 3 aromatic rings. The second-order valence-electron chi connectivity index (χ2n) is 11.2. The number of hydrogen-bond acceptors (Lipinski definition) is 9. The third kappa shape index (κ3) is 4.75. The Balaban J connectivity index is 1.06. The standard InChI is InChI=1S/C30H33N7O2/c31-29-27(17-26(33-34-29)25-5-1-2-6-28(25)38)36-18-23-7-8-24(19-36)37(23)22-9-12-32-21(16-22)4-3-13-35-14-15-39-30(20-35)10-11-30/h1-2,5-6,9,12,16-17,23-24,38H,7-8,10-11,13-15,18-20H2,(H2,31,34). The Morgan fingerprint density at radius 3 is 2.69 bits per heavy atom. The number of para-hydroxylation sites is 1. The summed E-state index contributed by atoms with van der Waals surface area (Å²) in [5.41, 5.74) is 10.6. The number of nitrogen functional groups attached to an aromatic ring is 1. The molecule has 3 aliphatic heterocycles. The minimum atomic E-state index is 0.126. The fourth-order valence-electron chi connectivity index (χ4n) is 6.38. The predicted molar refractivity (Wildman–Crippen MR) is 151 cm³/mol. The zero-order valence-electron chi connectivity index (χ0n) is 22.0. The summed E-state index contributed by atoms with van der Waals surface area (Å²) in [5, 5.41) is 18.8. The zero-order valence-corrected chi connectivity index (χ0v) is 22.0. The van der Waals surface area contributed by atoms with Gasteiger partial charge >= 0.3 is 0 Å². The fourth-order valence-corrected chi connectivity index (χ4v) is 6.38. The number of morpholine rings is 1. The number of piperazine rings is 1. The molecule has 3 saturated heterocycles. The van der Waals surface area contributed by atoms with Gasteiger partial charge in [-0.2, -0.15) is 0 Å². The number of nitrogens with two attached hydrogens (primary N) is 1. The molecule has 4 aliphatic rings. The number of phenolic OH excluding ortho intramolecular Hbond substituents is 1. The zero-order chi connectivity index (χ0) is 26.4. The number of aromatic hydroxyl groups is 1. The molecule has 0 amide bonds. The first-order valence-electron chi connectivity index (χ1n) is 13.8. The van der Waals surface area contributed by atoms with Crippen LogP contribution in [-0.2, 0) is 4.74 Å². The maximum atomic E-state index is 10.3. The summed E-state index contributed by atoms with van der Waals surface area (Å²) in [6.07, 6.45) is 6.47. The third-order valence-corrected chi connectivity index (χ3v) is 8.50. The number of pyridine rings is 1. The molecule has 1 saturated carbocycles. The predicted octanol–water partition coefficient (Wildman–Crippen LogP) is 2.90. The van der Waals surface area contributed by atoms with E-state index < -0.39 is 0 Å². The minimum Gasteiger partial charge on any atom is -0.507 e. The highest BCUT2D eigenvalue weighted by atomic mass is 16.5. The molecule has 2 unspecified atom stereocenters. The molecule has 4 fully saturated rings. The maximum Gasteiger partial charge on any atom is 0.169 e. The Labute approximate surface area is 228 Å². The van der Waals surface area contributed by atoms with Crippen molar-refractivity contribution in [1.29, 1.82) is 0 Å². The number of fused-ring (bicyclic) bond motifs is 2. The van der Waals surface area contributed by atoms with E-state index in [2.05, 4.69) is 53.9 Å². The van der Waals surface area contributed by atoms with Gasteiger partial charge in [-0.05, 0) is 61.9 Å². The van der Waals surface area contributed by atoms with Crippen molar-refractivity contribution in [3.63, 3.8) is 0 Å². The van der Waals surface area contributed by atoms with Crippen molar-refractivity contribution in [3.05, 3.63) is 54.4 Å². The van der Waals surface area contributed by atoms with Gasteiger partial charge in [-0.25, -0.2) is 4.98 Å². The molecule has 9 heteroatoms. The monoisotopic (exact) mass is 523 g/mol. The second-order valence-corrected chi connectivity index (χ2v) is 11.2. The Morgan fingerprint density at radius 1 is 1.08 bits per heavy atom. The largest absolute Gasteiger partial charge is 0.507 e. The van der Waals surface area contributed by atoms with E-state index >= 15 is 0 Å². The highest BCUT2D eigenvalue weighted by molar-refractivity contribution is 5.74. The molecular weight excluding hydrogens is 490 g/mol. The van der Waals surface area contributed by atoms with Crippen LogP contribution < -0.4 is 15.5 Å². The van der Waals surface area contributed by atoms with E-state index in [-0.39, 0.29) is 11.4 Å². The van der Waals surface area contributed by atoms with Crippen LogP contribution in [0.3, 0.4) is 0 Å². The van der Waals surface area contributed by atoms with Gasteiger partial charge in [-0.1, -0.05) is 18.1 Å². The molecule has 2 atom stereocenters. The number of ether oxygens (including phenoxy) is 1. The topological polar surface area (TPSA) is 104 Å². The van der Waals surface area contributed by atoms with E-state index in [1.165, 1.54) is 18.5 Å². The SMILES string of the molecule is Nc1nnc(-c2ccccc2O)cc1N1CC2CCC(C1)N2c1ccnc(C#CCN2CCOC3(CC3)C2)c1. The van der Waals surface area contributed by atoms with Crippen molar-refractivity contribution in [2.24, 2.45) is 0 Å². The van der Waals surface area contributed by atoms with E-state index in [1.807, 2.05) is 24.4 Å². The van der Waals surface area contributed by atoms with Gasteiger partial charge in [0.05, 0.1) is 30.1 Å². The normalized spacial score (nSPS) is 23.5. The quantitative estimate of drug-likeness (QED) is 0.500. The first-order chi connectivity index (χ1) is 19.1. The van der Waals surface area contributed by atoms with Crippen molar-refractivity contribution in [3.8, 4) is 28.8 Å². The fraction of sp³-hybridized carbons (Fsp3) is 0.433. The molecule has 9 nitrogen and oxygen atoms in total. The first kappa shape index (κ1) is 24.2. The van der Waals surface area contributed by atoms with Gasteiger partial charge in [-0.3, -0.25) is 4.90 Å². The molecule has 5 heterocycles. The van der Waals surface area contributed by atoms with E-state index in [0.29, 0.717) is 29.2 Å². The maximum absolute atomic E-state index is 10.3. The second kappa shape index (κ2) is 9.70. The molecule has 1 aromatic carbocycles. The number of rotatable bonds is 4. The van der Waals surface area contributed by atoms with Gasteiger partial charge in [0, 0.05) is 55.7 Å². The average Bonchev–Trinajstić information content (AvgIpc) is 3.63. The third-order valence-electron chi connectivity index (χ3n) is 8.50.